The molecule has 2 rings (SSSR count). The van der Waals surface area contributed by atoms with Gasteiger partial charge >= 0.3 is 5.97 Å². The third kappa shape index (κ3) is 3.13. The SMILES string of the molecule is COC(=O)c1cccc(Nc2ccc(CN)cc2F)c1. The number of carbonyl (C=O) groups is 1. The maximum absolute atomic E-state index is 13.8. The molecule has 0 aliphatic rings. The van der Waals surface area contributed by atoms with Crippen LogP contribution in [0.4, 0.5) is 15.8 Å². The lowest BCUT2D eigenvalue weighted by atomic mass is 10.1. The maximum atomic E-state index is 13.8. The molecule has 0 amide bonds. The number of hydrogen-bond acceptors (Lipinski definition) is 4. The number of esters is 1. The molecule has 0 aliphatic carbocycles. The van der Waals surface area contributed by atoms with Crippen molar-refractivity contribution in [2.45, 2.75) is 6.54 Å². The lowest BCUT2D eigenvalue weighted by Gasteiger charge is -2.09. The van der Waals surface area contributed by atoms with Crippen LogP contribution in [0.3, 0.4) is 0 Å². The molecule has 0 saturated carbocycles. The predicted molar refractivity (Wildman–Crippen MR) is 75.4 cm³/mol. The fraction of sp³-hybridized carbons (Fsp3) is 0.133. The van der Waals surface area contributed by atoms with Gasteiger partial charge in [-0.1, -0.05) is 12.1 Å². The molecular weight excluding hydrogens is 259 g/mol. The van der Waals surface area contributed by atoms with Gasteiger partial charge in [-0.25, -0.2) is 9.18 Å². The highest BCUT2D eigenvalue weighted by molar-refractivity contribution is 5.90. The summed E-state index contributed by atoms with van der Waals surface area (Å²) < 4.78 is 18.5. The van der Waals surface area contributed by atoms with Crippen LogP contribution in [0.5, 0.6) is 0 Å². The molecule has 0 atom stereocenters. The van der Waals surface area contributed by atoms with E-state index in [0.717, 1.165) is 5.56 Å². The van der Waals surface area contributed by atoms with E-state index in [-0.39, 0.29) is 6.54 Å². The number of benzene rings is 2. The molecular formula is C15H15FN2O2. The summed E-state index contributed by atoms with van der Waals surface area (Å²) in [6.45, 7) is 0.287. The van der Waals surface area contributed by atoms with E-state index in [1.807, 2.05) is 0 Å². The summed E-state index contributed by atoms with van der Waals surface area (Å²) in [6.07, 6.45) is 0. The molecule has 3 N–H and O–H groups in total. The number of carbonyl (C=O) groups excluding carboxylic acids is 1. The molecule has 0 saturated heterocycles. The molecule has 2 aromatic rings. The van der Waals surface area contributed by atoms with Crippen LogP contribution in [0.2, 0.25) is 0 Å². The van der Waals surface area contributed by atoms with E-state index in [4.69, 9.17) is 5.73 Å². The van der Waals surface area contributed by atoms with E-state index in [2.05, 4.69) is 10.1 Å². The van der Waals surface area contributed by atoms with Crippen LogP contribution < -0.4 is 11.1 Å². The quantitative estimate of drug-likeness (QED) is 0.841. The molecule has 0 spiro atoms. The van der Waals surface area contributed by atoms with Gasteiger partial charge in [0.15, 0.2) is 0 Å². The Morgan fingerprint density at radius 1 is 1.30 bits per heavy atom. The minimum absolute atomic E-state index is 0.287. The minimum Gasteiger partial charge on any atom is -0.465 e. The number of methoxy groups -OCH3 is 1. The molecule has 20 heavy (non-hydrogen) atoms. The summed E-state index contributed by atoms with van der Waals surface area (Å²) in [7, 11) is 1.31. The standard InChI is InChI=1S/C15H15FN2O2/c1-20-15(19)11-3-2-4-12(8-11)18-14-6-5-10(9-17)7-13(14)16/h2-8,18H,9,17H2,1H3. The van der Waals surface area contributed by atoms with Crippen LogP contribution in [-0.2, 0) is 11.3 Å². The van der Waals surface area contributed by atoms with Gasteiger partial charge in [0.2, 0.25) is 0 Å². The van der Waals surface area contributed by atoms with Crippen molar-refractivity contribution < 1.29 is 13.9 Å². The van der Waals surface area contributed by atoms with Crippen LogP contribution in [-0.4, -0.2) is 13.1 Å². The van der Waals surface area contributed by atoms with Crippen molar-refractivity contribution in [2.24, 2.45) is 5.73 Å². The lowest BCUT2D eigenvalue weighted by Crippen LogP contribution is -2.02. The van der Waals surface area contributed by atoms with Crippen LogP contribution in [0.1, 0.15) is 15.9 Å². The monoisotopic (exact) mass is 274 g/mol. The molecule has 0 bridgehead atoms. The van der Waals surface area contributed by atoms with E-state index in [9.17, 15) is 9.18 Å². The van der Waals surface area contributed by atoms with Gasteiger partial charge in [0, 0.05) is 12.2 Å². The average Bonchev–Trinajstić information content (AvgIpc) is 2.48. The van der Waals surface area contributed by atoms with Crippen molar-refractivity contribution in [2.75, 3.05) is 12.4 Å². The minimum atomic E-state index is -0.437. The smallest absolute Gasteiger partial charge is 0.337 e. The van der Waals surface area contributed by atoms with Crippen LogP contribution in [0.25, 0.3) is 0 Å². The number of hydrogen-bond donors (Lipinski definition) is 2. The fourth-order valence-electron chi connectivity index (χ4n) is 1.78. The number of nitrogens with one attached hydrogen (secondary N) is 1. The maximum Gasteiger partial charge on any atom is 0.337 e. The van der Waals surface area contributed by atoms with Gasteiger partial charge in [-0.05, 0) is 35.9 Å². The largest absolute Gasteiger partial charge is 0.465 e. The van der Waals surface area contributed by atoms with Crippen molar-refractivity contribution in [3.8, 4) is 0 Å². The molecule has 104 valence electrons. The first kappa shape index (κ1) is 14.0. The van der Waals surface area contributed by atoms with Crippen molar-refractivity contribution in [1.82, 2.24) is 0 Å². The molecule has 0 fully saturated rings. The summed E-state index contributed by atoms with van der Waals surface area (Å²) in [5, 5.41) is 2.92. The first-order chi connectivity index (χ1) is 9.63. The Morgan fingerprint density at radius 2 is 2.10 bits per heavy atom. The Balaban J connectivity index is 2.24. The third-order valence-electron chi connectivity index (χ3n) is 2.83. The summed E-state index contributed by atoms with van der Waals surface area (Å²) >= 11 is 0. The zero-order chi connectivity index (χ0) is 14.5. The van der Waals surface area contributed by atoms with Crippen LogP contribution >= 0.6 is 0 Å². The summed E-state index contributed by atoms with van der Waals surface area (Å²) in [6, 6.07) is 11.4. The second-order valence-electron chi connectivity index (χ2n) is 4.22. The molecule has 0 radical (unpaired) electrons. The first-order valence-corrected chi connectivity index (χ1v) is 6.08. The van der Waals surface area contributed by atoms with Crippen molar-refractivity contribution in [3.63, 3.8) is 0 Å². The number of halogens is 1. The highest BCUT2D eigenvalue weighted by Gasteiger charge is 2.07. The number of ether oxygens (including phenoxy) is 1. The predicted octanol–water partition coefficient (Wildman–Crippen LogP) is 2.81. The van der Waals surface area contributed by atoms with Gasteiger partial charge in [0.1, 0.15) is 5.82 Å². The molecule has 5 heteroatoms. The third-order valence-corrected chi connectivity index (χ3v) is 2.83. The van der Waals surface area contributed by atoms with Crippen LogP contribution in [0, 0.1) is 5.82 Å². The zero-order valence-corrected chi connectivity index (χ0v) is 11.0. The normalized spacial score (nSPS) is 10.2. The van der Waals surface area contributed by atoms with Gasteiger partial charge in [0.25, 0.3) is 0 Å². The van der Waals surface area contributed by atoms with Crippen molar-refractivity contribution in [3.05, 3.63) is 59.4 Å². The highest BCUT2D eigenvalue weighted by Crippen LogP contribution is 2.22. The Labute approximate surface area is 116 Å². The molecule has 2 aromatic carbocycles. The van der Waals surface area contributed by atoms with E-state index in [0.29, 0.717) is 16.9 Å². The number of rotatable bonds is 4. The topological polar surface area (TPSA) is 64.3 Å². The molecule has 0 aromatic heterocycles. The number of nitrogens with two attached hydrogens (primary N) is 1. The van der Waals surface area contributed by atoms with Gasteiger partial charge in [-0.2, -0.15) is 0 Å². The zero-order valence-electron chi connectivity index (χ0n) is 11.0. The fourth-order valence-corrected chi connectivity index (χ4v) is 1.78. The van der Waals surface area contributed by atoms with Crippen molar-refractivity contribution in [1.29, 1.82) is 0 Å². The second-order valence-corrected chi connectivity index (χ2v) is 4.22. The van der Waals surface area contributed by atoms with Crippen LogP contribution in [0.15, 0.2) is 42.5 Å². The van der Waals surface area contributed by atoms with Crippen molar-refractivity contribution >= 4 is 17.3 Å². The Kier molecular flexibility index (Phi) is 4.32. The summed E-state index contributed by atoms with van der Waals surface area (Å²) in [4.78, 5) is 11.4. The second kappa shape index (κ2) is 6.16. The number of anilines is 2. The van der Waals surface area contributed by atoms with Gasteiger partial charge in [0.05, 0.1) is 18.4 Å². The Morgan fingerprint density at radius 3 is 2.75 bits per heavy atom. The van der Waals surface area contributed by atoms with E-state index in [1.165, 1.54) is 13.2 Å². The summed E-state index contributed by atoms with van der Waals surface area (Å²) in [5.74, 6) is -0.830. The van der Waals surface area contributed by atoms with Gasteiger partial charge < -0.3 is 15.8 Å². The van der Waals surface area contributed by atoms with Gasteiger partial charge in [-0.15, -0.1) is 0 Å². The lowest BCUT2D eigenvalue weighted by molar-refractivity contribution is 0.0601. The molecule has 4 nitrogen and oxygen atoms in total. The highest BCUT2D eigenvalue weighted by atomic mass is 19.1. The first-order valence-electron chi connectivity index (χ1n) is 6.08. The molecule has 0 heterocycles. The van der Waals surface area contributed by atoms with Gasteiger partial charge in [-0.3, -0.25) is 0 Å². The Hall–Kier alpha value is -2.40. The average molecular weight is 274 g/mol. The van der Waals surface area contributed by atoms with E-state index < -0.39 is 11.8 Å². The molecule has 0 aliphatic heterocycles. The Bertz CT molecular complexity index is 629. The summed E-state index contributed by atoms with van der Waals surface area (Å²) in [5.41, 5.74) is 7.50. The van der Waals surface area contributed by atoms with E-state index in [1.54, 1.807) is 36.4 Å². The van der Waals surface area contributed by atoms with E-state index >= 15 is 0 Å². The molecule has 0 unspecified atom stereocenters.